The quantitative estimate of drug-likeness (QED) is 0.359. The topological polar surface area (TPSA) is 90.6 Å². The van der Waals surface area contributed by atoms with Gasteiger partial charge in [0.15, 0.2) is 11.5 Å². The molecule has 0 radical (unpaired) electrons. The lowest BCUT2D eigenvalue weighted by atomic mass is 10.1. The predicted molar refractivity (Wildman–Crippen MR) is 128 cm³/mol. The van der Waals surface area contributed by atoms with Gasteiger partial charge in [0.1, 0.15) is 16.5 Å². The monoisotopic (exact) mass is 463 g/mol. The molecule has 2 heterocycles. The summed E-state index contributed by atoms with van der Waals surface area (Å²) in [4.78, 5) is 12.3. The van der Waals surface area contributed by atoms with E-state index < -0.39 is 0 Å². The zero-order valence-electron chi connectivity index (χ0n) is 18.5. The smallest absolute Gasteiger partial charge is 0.230 e. The summed E-state index contributed by atoms with van der Waals surface area (Å²) in [6.07, 6.45) is 0.705. The third kappa shape index (κ3) is 5.61. The zero-order valence-corrected chi connectivity index (χ0v) is 19.3. The van der Waals surface area contributed by atoms with Crippen molar-refractivity contribution in [3.8, 4) is 22.9 Å². The molecule has 0 unspecified atom stereocenters. The second-order valence-corrected chi connectivity index (χ2v) is 8.12. The summed E-state index contributed by atoms with van der Waals surface area (Å²) in [6, 6.07) is 19.2. The number of hydrogen-bond acceptors (Lipinski definition) is 7. The van der Waals surface area contributed by atoms with Crippen LogP contribution in [0.5, 0.6) is 11.5 Å². The number of methoxy groups -OCH3 is 1. The van der Waals surface area contributed by atoms with Crippen LogP contribution in [0.4, 0.5) is 0 Å². The summed E-state index contributed by atoms with van der Waals surface area (Å²) in [6.45, 7) is 3.10. The number of nitrogens with one attached hydrogen (secondary N) is 1. The SMILES string of the molecule is CCOc1ccc(-c2nnc3ccc(SCC(=O)NCCc4ccccc4OC)nn23)cc1. The fourth-order valence-electron chi connectivity index (χ4n) is 3.33. The number of para-hydroxylation sites is 1. The number of aromatic nitrogens is 4. The molecule has 0 saturated carbocycles. The van der Waals surface area contributed by atoms with Gasteiger partial charge in [0.05, 0.1) is 19.5 Å². The van der Waals surface area contributed by atoms with Crippen LogP contribution in [0.3, 0.4) is 0 Å². The van der Waals surface area contributed by atoms with E-state index in [1.165, 1.54) is 11.8 Å². The number of nitrogens with zero attached hydrogens (tertiary/aromatic N) is 4. The Kier molecular flexibility index (Phi) is 7.41. The zero-order chi connectivity index (χ0) is 23.0. The molecule has 0 bridgehead atoms. The van der Waals surface area contributed by atoms with E-state index in [2.05, 4.69) is 20.6 Å². The first-order chi connectivity index (χ1) is 16.2. The van der Waals surface area contributed by atoms with Crippen LogP contribution in [0, 0.1) is 0 Å². The maximum absolute atomic E-state index is 12.3. The van der Waals surface area contributed by atoms with Gasteiger partial charge in [-0.25, -0.2) is 0 Å². The molecule has 1 N–H and O–H groups in total. The molecular formula is C24H25N5O3S. The largest absolute Gasteiger partial charge is 0.496 e. The van der Waals surface area contributed by atoms with Gasteiger partial charge < -0.3 is 14.8 Å². The minimum Gasteiger partial charge on any atom is -0.496 e. The third-order valence-electron chi connectivity index (χ3n) is 4.92. The Morgan fingerprint density at radius 3 is 2.67 bits per heavy atom. The van der Waals surface area contributed by atoms with Crippen molar-refractivity contribution in [2.24, 2.45) is 0 Å². The highest BCUT2D eigenvalue weighted by Crippen LogP contribution is 2.23. The van der Waals surface area contributed by atoms with Crippen LogP contribution in [0.1, 0.15) is 12.5 Å². The van der Waals surface area contributed by atoms with Crippen molar-refractivity contribution in [1.29, 1.82) is 0 Å². The summed E-state index contributed by atoms with van der Waals surface area (Å²) >= 11 is 1.37. The minimum atomic E-state index is -0.0488. The number of carbonyl (C=O) groups is 1. The van der Waals surface area contributed by atoms with Crippen LogP contribution in [0.15, 0.2) is 65.7 Å². The number of rotatable bonds is 10. The molecule has 2 aromatic heterocycles. The number of fused-ring (bicyclic) bond motifs is 1. The predicted octanol–water partition coefficient (Wildman–Crippen LogP) is 3.65. The summed E-state index contributed by atoms with van der Waals surface area (Å²) in [5.41, 5.74) is 2.59. The maximum Gasteiger partial charge on any atom is 0.230 e. The molecule has 0 aliphatic carbocycles. The maximum atomic E-state index is 12.3. The van der Waals surface area contributed by atoms with Crippen LogP contribution in [-0.2, 0) is 11.2 Å². The normalized spacial score (nSPS) is 10.8. The van der Waals surface area contributed by atoms with E-state index in [1.54, 1.807) is 11.6 Å². The van der Waals surface area contributed by atoms with Crippen molar-refractivity contribution >= 4 is 23.3 Å². The molecule has 2 aromatic carbocycles. The molecule has 9 heteroatoms. The molecule has 8 nitrogen and oxygen atoms in total. The van der Waals surface area contributed by atoms with Gasteiger partial charge in [0.25, 0.3) is 0 Å². The summed E-state index contributed by atoms with van der Waals surface area (Å²) < 4.78 is 12.5. The van der Waals surface area contributed by atoms with Gasteiger partial charge in [-0.05, 0) is 61.4 Å². The molecule has 4 aromatic rings. The van der Waals surface area contributed by atoms with Crippen LogP contribution >= 0.6 is 11.8 Å². The van der Waals surface area contributed by atoms with E-state index in [9.17, 15) is 4.79 Å². The van der Waals surface area contributed by atoms with Crippen molar-refractivity contribution in [1.82, 2.24) is 25.1 Å². The number of thioether (sulfide) groups is 1. The summed E-state index contributed by atoms with van der Waals surface area (Å²) in [7, 11) is 1.65. The van der Waals surface area contributed by atoms with E-state index >= 15 is 0 Å². The van der Waals surface area contributed by atoms with Gasteiger partial charge in [-0.2, -0.15) is 9.61 Å². The molecule has 0 atom stereocenters. The lowest BCUT2D eigenvalue weighted by Gasteiger charge is -2.09. The van der Waals surface area contributed by atoms with Gasteiger partial charge in [-0.1, -0.05) is 30.0 Å². The molecule has 0 spiro atoms. The fraction of sp³-hybridized carbons (Fsp3) is 0.250. The van der Waals surface area contributed by atoms with Crippen molar-refractivity contribution < 1.29 is 14.3 Å². The van der Waals surface area contributed by atoms with E-state index in [-0.39, 0.29) is 11.7 Å². The van der Waals surface area contributed by atoms with Crippen molar-refractivity contribution in [2.75, 3.05) is 26.0 Å². The van der Waals surface area contributed by atoms with Crippen molar-refractivity contribution in [3.05, 3.63) is 66.2 Å². The molecule has 0 aliphatic heterocycles. The van der Waals surface area contributed by atoms with Crippen LogP contribution < -0.4 is 14.8 Å². The standard InChI is InChI=1S/C24H25N5O3S/c1-3-32-19-10-8-18(9-11-19)24-27-26-21-12-13-23(28-29(21)24)33-16-22(30)25-15-14-17-6-4-5-7-20(17)31-2/h4-13H,3,14-16H2,1-2H3,(H,25,30). The number of ether oxygens (including phenoxy) is 2. The Bertz CT molecular complexity index is 1230. The number of carbonyl (C=O) groups excluding carboxylic acids is 1. The highest BCUT2D eigenvalue weighted by molar-refractivity contribution is 7.99. The molecule has 0 fully saturated rings. The van der Waals surface area contributed by atoms with E-state index in [0.29, 0.717) is 31.0 Å². The lowest BCUT2D eigenvalue weighted by Crippen LogP contribution is -2.27. The van der Waals surface area contributed by atoms with Crippen molar-refractivity contribution in [2.45, 2.75) is 18.4 Å². The number of benzene rings is 2. The Hall–Kier alpha value is -3.59. The van der Waals surface area contributed by atoms with E-state index in [1.807, 2.05) is 67.6 Å². The van der Waals surface area contributed by atoms with Crippen LogP contribution in [0.25, 0.3) is 17.0 Å². The Morgan fingerprint density at radius 1 is 1.06 bits per heavy atom. The minimum absolute atomic E-state index is 0.0488. The number of hydrogen-bond donors (Lipinski definition) is 1. The van der Waals surface area contributed by atoms with Gasteiger partial charge >= 0.3 is 0 Å². The lowest BCUT2D eigenvalue weighted by molar-refractivity contribution is -0.118. The summed E-state index contributed by atoms with van der Waals surface area (Å²) in [5.74, 6) is 2.49. The second kappa shape index (κ2) is 10.8. The molecule has 170 valence electrons. The van der Waals surface area contributed by atoms with Gasteiger partial charge in [-0.3, -0.25) is 4.79 Å². The van der Waals surface area contributed by atoms with E-state index in [0.717, 1.165) is 27.7 Å². The first kappa shape index (κ1) is 22.6. The highest BCUT2D eigenvalue weighted by Gasteiger charge is 2.12. The first-order valence-corrected chi connectivity index (χ1v) is 11.6. The van der Waals surface area contributed by atoms with Gasteiger partial charge in [-0.15, -0.1) is 10.2 Å². The summed E-state index contributed by atoms with van der Waals surface area (Å²) in [5, 5.41) is 16.8. The average Bonchev–Trinajstić information content (AvgIpc) is 3.27. The van der Waals surface area contributed by atoms with Gasteiger partial charge in [0, 0.05) is 12.1 Å². The van der Waals surface area contributed by atoms with E-state index in [4.69, 9.17) is 9.47 Å². The number of amides is 1. The average molecular weight is 464 g/mol. The molecule has 4 rings (SSSR count). The Labute approximate surface area is 196 Å². The van der Waals surface area contributed by atoms with Crippen LogP contribution in [-0.4, -0.2) is 51.7 Å². The Balaban J connectivity index is 1.36. The highest BCUT2D eigenvalue weighted by atomic mass is 32.2. The van der Waals surface area contributed by atoms with Gasteiger partial charge in [0.2, 0.25) is 5.91 Å². The fourth-order valence-corrected chi connectivity index (χ4v) is 4.02. The Morgan fingerprint density at radius 2 is 1.88 bits per heavy atom. The second-order valence-electron chi connectivity index (χ2n) is 7.12. The molecule has 0 aliphatic rings. The van der Waals surface area contributed by atoms with Crippen LogP contribution in [0.2, 0.25) is 0 Å². The molecule has 33 heavy (non-hydrogen) atoms. The molecular weight excluding hydrogens is 438 g/mol. The third-order valence-corrected chi connectivity index (χ3v) is 5.84. The molecule has 1 amide bonds. The van der Waals surface area contributed by atoms with Crippen molar-refractivity contribution in [3.63, 3.8) is 0 Å². The first-order valence-electron chi connectivity index (χ1n) is 10.6. The molecule has 0 saturated heterocycles.